The van der Waals surface area contributed by atoms with Crippen LogP contribution < -0.4 is 0 Å². The maximum atomic E-state index is 8.02. The van der Waals surface area contributed by atoms with Gasteiger partial charge in [-0.15, -0.1) is 0 Å². The van der Waals surface area contributed by atoms with E-state index >= 15 is 0 Å². The van der Waals surface area contributed by atoms with Crippen LogP contribution in [0, 0.1) is 0 Å². The molecule has 0 aromatic heterocycles. The van der Waals surface area contributed by atoms with Crippen LogP contribution >= 0.6 is 0 Å². The van der Waals surface area contributed by atoms with Gasteiger partial charge in [-0.2, -0.15) is 0 Å². The molecule has 0 atom stereocenters. The predicted molar refractivity (Wildman–Crippen MR) is 30.4 cm³/mol. The number of rotatable bonds is 3. The summed E-state index contributed by atoms with van der Waals surface area (Å²) in [5.41, 5.74) is 0. The van der Waals surface area contributed by atoms with Gasteiger partial charge in [-0.3, -0.25) is 0 Å². The van der Waals surface area contributed by atoms with E-state index in [2.05, 4.69) is 11.3 Å². The van der Waals surface area contributed by atoms with Crippen LogP contribution in [0.2, 0.25) is 0 Å². The third kappa shape index (κ3) is 10.7. The van der Waals surface area contributed by atoms with Gasteiger partial charge in [0.25, 0.3) is 0 Å². The Morgan fingerprint density at radius 2 is 2.29 bits per heavy atom. The second-order valence-corrected chi connectivity index (χ2v) is 0.761. The van der Waals surface area contributed by atoms with Crippen molar-refractivity contribution in [1.82, 2.24) is 0 Å². The summed E-state index contributed by atoms with van der Waals surface area (Å²) in [5.74, 6) is 0. The third-order valence-electron chi connectivity index (χ3n) is 0.327. The van der Waals surface area contributed by atoms with Crippen molar-refractivity contribution in [1.29, 1.82) is 0 Å². The van der Waals surface area contributed by atoms with E-state index in [9.17, 15) is 0 Å². The SMILES string of the molecule is C=COCCO.[NaH]. The Balaban J connectivity index is 0. The number of hydrogen-bond acceptors (Lipinski definition) is 2. The summed E-state index contributed by atoms with van der Waals surface area (Å²) in [6.07, 6.45) is 1.30. The van der Waals surface area contributed by atoms with Crippen molar-refractivity contribution >= 4 is 29.6 Å². The van der Waals surface area contributed by atoms with Gasteiger partial charge in [0.2, 0.25) is 0 Å². The van der Waals surface area contributed by atoms with Crippen molar-refractivity contribution in [2.75, 3.05) is 13.2 Å². The van der Waals surface area contributed by atoms with E-state index in [1.807, 2.05) is 0 Å². The van der Waals surface area contributed by atoms with Crippen LogP contribution in [0.5, 0.6) is 0 Å². The predicted octanol–water partition coefficient (Wildman–Crippen LogP) is -0.510. The average Bonchev–Trinajstić information content (AvgIpc) is 1.61. The van der Waals surface area contributed by atoms with Gasteiger partial charge in [-0.1, -0.05) is 6.58 Å². The van der Waals surface area contributed by atoms with Crippen molar-refractivity contribution in [3.8, 4) is 0 Å². The average molecular weight is 112 g/mol. The van der Waals surface area contributed by atoms with Crippen LogP contribution in [-0.4, -0.2) is 47.9 Å². The summed E-state index contributed by atoms with van der Waals surface area (Å²) < 4.78 is 4.50. The number of aliphatic hydroxyl groups excluding tert-OH is 1. The molecule has 0 saturated carbocycles. The second-order valence-electron chi connectivity index (χ2n) is 0.761. The minimum absolute atomic E-state index is 0. The van der Waals surface area contributed by atoms with E-state index in [1.165, 1.54) is 6.26 Å². The van der Waals surface area contributed by atoms with Crippen LogP contribution in [0.25, 0.3) is 0 Å². The first-order valence-corrected chi connectivity index (χ1v) is 1.75. The molecule has 2 nitrogen and oxygen atoms in total. The summed E-state index contributed by atoms with van der Waals surface area (Å²) in [4.78, 5) is 0. The zero-order valence-corrected chi connectivity index (χ0v) is 3.55. The van der Waals surface area contributed by atoms with Gasteiger partial charge in [-0.05, 0) is 0 Å². The Hall–Kier alpha value is 0.500. The van der Waals surface area contributed by atoms with Gasteiger partial charge in [0, 0.05) is 0 Å². The fourth-order valence-electron chi connectivity index (χ4n) is 0.136. The molecule has 0 aliphatic carbocycles. The molecule has 7 heavy (non-hydrogen) atoms. The monoisotopic (exact) mass is 112 g/mol. The first-order chi connectivity index (χ1) is 2.91. The Bertz CT molecular complexity index is 38.7. The summed E-state index contributed by atoms with van der Waals surface area (Å²) in [7, 11) is 0. The van der Waals surface area contributed by atoms with Gasteiger partial charge in [0.05, 0.1) is 12.9 Å². The van der Waals surface area contributed by atoms with Crippen LogP contribution in [0.4, 0.5) is 0 Å². The fraction of sp³-hybridized carbons (Fsp3) is 0.500. The van der Waals surface area contributed by atoms with E-state index < -0.39 is 0 Å². The number of ether oxygens (including phenoxy) is 1. The van der Waals surface area contributed by atoms with Gasteiger partial charge in [0.15, 0.2) is 0 Å². The molecule has 0 saturated heterocycles. The summed E-state index contributed by atoms with van der Waals surface area (Å²) in [6, 6.07) is 0. The van der Waals surface area contributed by atoms with Crippen molar-refractivity contribution in [3.05, 3.63) is 12.8 Å². The molecule has 0 unspecified atom stereocenters. The quantitative estimate of drug-likeness (QED) is 0.303. The first kappa shape index (κ1) is 10.5. The number of hydrogen-bond donors (Lipinski definition) is 1. The molecule has 0 bridgehead atoms. The van der Waals surface area contributed by atoms with Gasteiger partial charge < -0.3 is 9.84 Å². The molecule has 0 aliphatic heterocycles. The topological polar surface area (TPSA) is 29.5 Å². The molecule has 3 heteroatoms. The summed E-state index contributed by atoms with van der Waals surface area (Å²) >= 11 is 0. The normalized spacial score (nSPS) is 6.43. The zero-order valence-electron chi connectivity index (χ0n) is 3.55. The molecule has 0 radical (unpaired) electrons. The van der Waals surface area contributed by atoms with Crippen molar-refractivity contribution < 1.29 is 9.84 Å². The molecule has 0 amide bonds. The van der Waals surface area contributed by atoms with E-state index in [1.54, 1.807) is 0 Å². The third-order valence-corrected chi connectivity index (χ3v) is 0.327. The zero-order chi connectivity index (χ0) is 4.83. The first-order valence-electron chi connectivity index (χ1n) is 1.75. The van der Waals surface area contributed by atoms with Crippen molar-refractivity contribution in [2.45, 2.75) is 0 Å². The summed E-state index contributed by atoms with van der Waals surface area (Å²) in [6.45, 7) is 3.68. The second kappa shape index (κ2) is 9.71. The van der Waals surface area contributed by atoms with Crippen LogP contribution in [0.15, 0.2) is 12.8 Å². The molecule has 0 fully saturated rings. The molecule has 0 rings (SSSR count). The van der Waals surface area contributed by atoms with E-state index in [0.717, 1.165) is 0 Å². The molecule has 0 aromatic carbocycles. The van der Waals surface area contributed by atoms with E-state index in [0.29, 0.717) is 6.61 Å². The Labute approximate surface area is 65.5 Å². The van der Waals surface area contributed by atoms with Gasteiger partial charge >= 0.3 is 29.6 Å². The maximum absolute atomic E-state index is 8.02. The molecule has 0 aromatic rings. The summed E-state index contributed by atoms with van der Waals surface area (Å²) in [5, 5.41) is 8.02. The molecule has 1 N–H and O–H groups in total. The molecule has 0 aliphatic rings. The Morgan fingerprint density at radius 3 is 2.43 bits per heavy atom. The fourth-order valence-corrected chi connectivity index (χ4v) is 0.136. The Kier molecular flexibility index (Phi) is 14.5. The van der Waals surface area contributed by atoms with Crippen LogP contribution in [-0.2, 0) is 4.74 Å². The van der Waals surface area contributed by atoms with Crippen LogP contribution in [0.3, 0.4) is 0 Å². The van der Waals surface area contributed by atoms with Crippen LogP contribution in [0.1, 0.15) is 0 Å². The van der Waals surface area contributed by atoms with Gasteiger partial charge in [0.1, 0.15) is 6.61 Å². The number of aliphatic hydroxyl groups is 1. The van der Waals surface area contributed by atoms with Gasteiger partial charge in [-0.25, -0.2) is 0 Å². The molecule has 0 heterocycles. The Morgan fingerprint density at radius 1 is 1.71 bits per heavy atom. The van der Waals surface area contributed by atoms with Crippen molar-refractivity contribution in [3.63, 3.8) is 0 Å². The van der Waals surface area contributed by atoms with Crippen molar-refractivity contribution in [2.24, 2.45) is 0 Å². The van der Waals surface area contributed by atoms with E-state index in [4.69, 9.17) is 5.11 Å². The van der Waals surface area contributed by atoms with E-state index in [-0.39, 0.29) is 36.2 Å². The standard InChI is InChI=1S/C4H8O2.Na.H/c1-2-6-4-3-5;;/h2,5H,1,3-4H2;;. The molecule has 38 valence electrons. The molecule has 0 spiro atoms. The molecular weight excluding hydrogens is 103 g/mol. The minimum atomic E-state index is 0. The molecular formula is C4H9NaO2.